The van der Waals surface area contributed by atoms with Crippen LogP contribution in [0.1, 0.15) is 55.0 Å². The smallest absolute Gasteiger partial charge is 0.337 e. The number of hydrogen-bond donors (Lipinski definition) is 1. The molecule has 0 saturated heterocycles. The molecule has 19 heavy (non-hydrogen) atoms. The van der Waals surface area contributed by atoms with Crippen molar-refractivity contribution in [1.82, 2.24) is 9.88 Å². The number of fused-ring (bicyclic) bond motifs is 1. The van der Waals surface area contributed by atoms with Crippen LogP contribution in [-0.4, -0.2) is 34.0 Å². The Hall–Kier alpha value is -1.42. The molecule has 0 unspecified atom stereocenters. The van der Waals surface area contributed by atoms with Crippen LogP contribution in [0.2, 0.25) is 0 Å². The largest absolute Gasteiger partial charge is 0.478 e. The molecule has 0 saturated carbocycles. The maximum atomic E-state index is 11.5. The second kappa shape index (κ2) is 4.93. The van der Waals surface area contributed by atoms with Crippen LogP contribution < -0.4 is 0 Å². The zero-order chi connectivity index (χ0) is 14.2. The topological polar surface area (TPSA) is 53.4 Å². The average Bonchev–Trinajstić information content (AvgIpc) is 2.35. The van der Waals surface area contributed by atoms with Crippen molar-refractivity contribution in [2.24, 2.45) is 0 Å². The van der Waals surface area contributed by atoms with E-state index in [1.54, 1.807) is 0 Å². The van der Waals surface area contributed by atoms with Crippen molar-refractivity contribution in [3.63, 3.8) is 0 Å². The lowest BCUT2D eigenvalue weighted by atomic mass is 9.86. The number of aromatic nitrogens is 1. The van der Waals surface area contributed by atoms with Gasteiger partial charge in [0.15, 0.2) is 0 Å². The molecule has 4 heteroatoms. The minimum absolute atomic E-state index is 0.245. The number of aromatic carboxylic acids is 1. The van der Waals surface area contributed by atoms with Crippen molar-refractivity contribution in [1.29, 1.82) is 0 Å². The minimum Gasteiger partial charge on any atom is -0.478 e. The summed E-state index contributed by atoms with van der Waals surface area (Å²) < 4.78 is 0. The number of carbonyl (C=O) groups is 1. The van der Waals surface area contributed by atoms with Crippen LogP contribution in [0.3, 0.4) is 0 Å². The number of pyridine rings is 1. The molecule has 1 aromatic heterocycles. The second-order valence-electron chi connectivity index (χ2n) is 6.16. The van der Waals surface area contributed by atoms with Crippen LogP contribution in [0.15, 0.2) is 6.07 Å². The molecule has 0 aromatic carbocycles. The van der Waals surface area contributed by atoms with Crippen molar-refractivity contribution in [2.75, 3.05) is 13.1 Å². The average molecular weight is 262 g/mol. The number of nitrogens with zero attached hydrogens (tertiary/aromatic N) is 2. The lowest BCUT2D eigenvalue weighted by molar-refractivity contribution is 0.0693. The van der Waals surface area contributed by atoms with Gasteiger partial charge in [-0.2, -0.15) is 0 Å². The van der Waals surface area contributed by atoms with Crippen molar-refractivity contribution in [3.05, 3.63) is 28.6 Å². The maximum Gasteiger partial charge on any atom is 0.337 e. The summed E-state index contributed by atoms with van der Waals surface area (Å²) in [5.41, 5.74) is 2.94. The first kappa shape index (κ1) is 14.0. The van der Waals surface area contributed by atoms with Crippen LogP contribution in [0, 0.1) is 0 Å². The zero-order valence-corrected chi connectivity index (χ0v) is 12.2. The van der Waals surface area contributed by atoms with Gasteiger partial charge in [-0.3, -0.25) is 9.88 Å². The molecule has 2 rings (SSSR count). The Labute approximate surface area is 114 Å². The summed E-state index contributed by atoms with van der Waals surface area (Å²) in [6.07, 6.45) is 0.909. The SMILES string of the molecule is CCN1CCc2nc(C(C)(C)C)c(C(=O)O)cc2C1. The lowest BCUT2D eigenvalue weighted by Gasteiger charge is -2.29. The first-order valence-corrected chi connectivity index (χ1v) is 6.82. The summed E-state index contributed by atoms with van der Waals surface area (Å²) in [4.78, 5) is 18.4. The number of carboxylic acid groups (broad SMARTS) is 1. The molecule has 1 aliphatic rings. The second-order valence-corrected chi connectivity index (χ2v) is 6.16. The van der Waals surface area contributed by atoms with Crippen LogP contribution in [0.4, 0.5) is 0 Å². The quantitative estimate of drug-likeness (QED) is 0.889. The predicted molar refractivity (Wildman–Crippen MR) is 74.6 cm³/mol. The Morgan fingerprint density at radius 1 is 1.47 bits per heavy atom. The van der Waals surface area contributed by atoms with Crippen molar-refractivity contribution >= 4 is 5.97 Å². The third-order valence-electron chi connectivity index (χ3n) is 3.64. The molecule has 1 aliphatic heterocycles. The Morgan fingerprint density at radius 2 is 2.16 bits per heavy atom. The Balaban J connectivity index is 2.52. The molecule has 0 spiro atoms. The van der Waals surface area contributed by atoms with Gasteiger partial charge in [0.1, 0.15) is 0 Å². The zero-order valence-electron chi connectivity index (χ0n) is 12.2. The summed E-state index contributed by atoms with van der Waals surface area (Å²) in [6.45, 7) is 11.0. The van der Waals surface area contributed by atoms with E-state index in [1.807, 2.05) is 26.8 Å². The highest BCUT2D eigenvalue weighted by atomic mass is 16.4. The molecule has 2 heterocycles. The lowest BCUT2D eigenvalue weighted by Crippen LogP contribution is -2.32. The van der Waals surface area contributed by atoms with Gasteiger partial charge in [-0.1, -0.05) is 27.7 Å². The van der Waals surface area contributed by atoms with Crippen LogP contribution in [0.5, 0.6) is 0 Å². The van der Waals surface area contributed by atoms with Gasteiger partial charge in [0.25, 0.3) is 0 Å². The molecule has 0 amide bonds. The molecule has 4 nitrogen and oxygen atoms in total. The molecule has 0 aliphatic carbocycles. The van der Waals surface area contributed by atoms with E-state index in [1.165, 1.54) is 0 Å². The van der Waals surface area contributed by atoms with E-state index >= 15 is 0 Å². The van der Waals surface area contributed by atoms with Crippen molar-refractivity contribution in [3.8, 4) is 0 Å². The highest BCUT2D eigenvalue weighted by Crippen LogP contribution is 2.28. The van der Waals surface area contributed by atoms with Gasteiger partial charge in [-0.05, 0) is 18.2 Å². The van der Waals surface area contributed by atoms with E-state index in [2.05, 4.69) is 16.8 Å². The molecule has 0 bridgehead atoms. The molecule has 0 radical (unpaired) electrons. The minimum atomic E-state index is -0.881. The Bertz CT molecular complexity index is 504. The predicted octanol–water partition coefficient (Wildman–Crippen LogP) is 2.46. The van der Waals surface area contributed by atoms with Gasteiger partial charge >= 0.3 is 5.97 Å². The van der Waals surface area contributed by atoms with Gasteiger partial charge in [0, 0.05) is 30.6 Å². The summed E-state index contributed by atoms with van der Waals surface area (Å²) in [7, 11) is 0. The van der Waals surface area contributed by atoms with E-state index in [0.717, 1.165) is 37.3 Å². The number of hydrogen-bond acceptors (Lipinski definition) is 3. The third-order valence-corrected chi connectivity index (χ3v) is 3.64. The fourth-order valence-corrected chi connectivity index (χ4v) is 2.53. The van der Waals surface area contributed by atoms with E-state index < -0.39 is 5.97 Å². The van der Waals surface area contributed by atoms with Gasteiger partial charge in [0.05, 0.1) is 11.3 Å². The maximum absolute atomic E-state index is 11.5. The van der Waals surface area contributed by atoms with Gasteiger partial charge < -0.3 is 5.11 Å². The number of likely N-dealkylation sites (N-methyl/N-ethyl adjacent to an activating group) is 1. The third kappa shape index (κ3) is 2.78. The standard InChI is InChI=1S/C15H22N2O2/c1-5-17-7-6-12-10(9-17)8-11(14(18)19)13(16-12)15(2,3)4/h8H,5-7,9H2,1-4H3,(H,18,19). The van der Waals surface area contributed by atoms with Gasteiger partial charge in [-0.15, -0.1) is 0 Å². The van der Waals surface area contributed by atoms with E-state index in [9.17, 15) is 9.90 Å². The van der Waals surface area contributed by atoms with Crippen LogP contribution >= 0.6 is 0 Å². The van der Waals surface area contributed by atoms with E-state index in [-0.39, 0.29) is 5.41 Å². The molecule has 0 atom stereocenters. The Morgan fingerprint density at radius 3 is 2.68 bits per heavy atom. The van der Waals surface area contributed by atoms with Crippen LogP contribution in [0.25, 0.3) is 0 Å². The molecule has 1 N–H and O–H groups in total. The van der Waals surface area contributed by atoms with E-state index in [0.29, 0.717) is 11.3 Å². The first-order chi connectivity index (χ1) is 8.82. The number of rotatable bonds is 2. The summed E-state index contributed by atoms with van der Waals surface area (Å²) in [5, 5.41) is 9.40. The highest BCUT2D eigenvalue weighted by Gasteiger charge is 2.27. The first-order valence-electron chi connectivity index (χ1n) is 6.82. The van der Waals surface area contributed by atoms with Gasteiger partial charge in [0.2, 0.25) is 0 Å². The number of carboxylic acids is 1. The molecule has 1 aromatic rings. The monoisotopic (exact) mass is 262 g/mol. The fraction of sp³-hybridized carbons (Fsp3) is 0.600. The van der Waals surface area contributed by atoms with E-state index in [4.69, 9.17) is 0 Å². The summed E-state index contributed by atoms with van der Waals surface area (Å²) >= 11 is 0. The Kier molecular flexibility index (Phi) is 3.63. The van der Waals surface area contributed by atoms with Gasteiger partial charge in [-0.25, -0.2) is 4.79 Å². The molecule has 0 fully saturated rings. The molecular weight excluding hydrogens is 240 g/mol. The molecule has 104 valence electrons. The van der Waals surface area contributed by atoms with Crippen molar-refractivity contribution < 1.29 is 9.90 Å². The highest BCUT2D eigenvalue weighted by molar-refractivity contribution is 5.89. The normalized spacial score (nSPS) is 16.2. The summed E-state index contributed by atoms with van der Waals surface area (Å²) in [6, 6.07) is 1.83. The van der Waals surface area contributed by atoms with Crippen molar-refractivity contribution in [2.45, 2.75) is 46.1 Å². The van der Waals surface area contributed by atoms with Crippen LogP contribution in [-0.2, 0) is 18.4 Å². The molecular formula is C15H22N2O2. The fourth-order valence-electron chi connectivity index (χ4n) is 2.53. The summed E-state index contributed by atoms with van der Waals surface area (Å²) in [5.74, 6) is -0.881.